The van der Waals surface area contributed by atoms with Crippen LogP contribution in [0.2, 0.25) is 0 Å². The van der Waals surface area contributed by atoms with E-state index in [0.29, 0.717) is 6.54 Å². The molecule has 5 nitrogen and oxygen atoms in total. The molecule has 1 amide bonds. The maximum absolute atomic E-state index is 11.9. The van der Waals surface area contributed by atoms with Crippen molar-refractivity contribution in [2.24, 2.45) is 11.3 Å². The van der Waals surface area contributed by atoms with E-state index in [2.05, 4.69) is 10.6 Å². The minimum atomic E-state index is -0.674. The largest absolute Gasteiger partial charge is 0.469 e. The first-order valence-electron chi connectivity index (χ1n) is 6.04. The van der Waals surface area contributed by atoms with Gasteiger partial charge in [-0.1, -0.05) is 0 Å². The number of amides is 1. The zero-order valence-corrected chi connectivity index (χ0v) is 10.8. The van der Waals surface area contributed by atoms with E-state index in [1.165, 1.54) is 7.11 Å². The molecule has 1 heterocycles. The summed E-state index contributed by atoms with van der Waals surface area (Å²) >= 11 is 0. The van der Waals surface area contributed by atoms with Crippen LogP contribution in [0.5, 0.6) is 0 Å². The van der Waals surface area contributed by atoms with Crippen molar-refractivity contribution >= 4 is 11.9 Å². The summed E-state index contributed by atoms with van der Waals surface area (Å²) in [5, 5.41) is 6.02. The fourth-order valence-corrected chi connectivity index (χ4v) is 1.88. The molecule has 1 rings (SSSR count). The lowest BCUT2D eigenvalue weighted by Gasteiger charge is -2.25. The predicted octanol–water partition coefficient (Wildman–Crippen LogP) is 0.301. The van der Waals surface area contributed by atoms with Crippen LogP contribution in [0.3, 0.4) is 0 Å². The molecule has 0 aliphatic carbocycles. The lowest BCUT2D eigenvalue weighted by atomic mass is 9.92. The molecule has 0 saturated carbocycles. The maximum atomic E-state index is 11.9. The second kappa shape index (κ2) is 6.00. The third-order valence-electron chi connectivity index (χ3n) is 3.11. The quantitative estimate of drug-likeness (QED) is 0.696. The molecule has 1 unspecified atom stereocenters. The number of carbonyl (C=O) groups excluding carboxylic acids is 2. The Bertz CT molecular complexity index is 283. The Morgan fingerprint density at radius 1 is 1.47 bits per heavy atom. The van der Waals surface area contributed by atoms with E-state index in [-0.39, 0.29) is 17.8 Å². The normalized spacial score (nSPS) is 20.8. The number of hydrogen-bond acceptors (Lipinski definition) is 4. The average molecular weight is 242 g/mol. The van der Waals surface area contributed by atoms with Gasteiger partial charge in [0.1, 0.15) is 0 Å². The van der Waals surface area contributed by atoms with Gasteiger partial charge in [0.15, 0.2) is 0 Å². The second-order valence-electron chi connectivity index (χ2n) is 5.14. The van der Waals surface area contributed by atoms with Gasteiger partial charge in [-0.2, -0.15) is 0 Å². The highest BCUT2D eigenvalue weighted by atomic mass is 16.5. The Morgan fingerprint density at radius 3 is 2.71 bits per heavy atom. The Labute approximate surface area is 102 Å². The van der Waals surface area contributed by atoms with Gasteiger partial charge in [-0.15, -0.1) is 0 Å². The van der Waals surface area contributed by atoms with Gasteiger partial charge in [0, 0.05) is 13.1 Å². The van der Waals surface area contributed by atoms with Crippen molar-refractivity contribution in [1.29, 1.82) is 0 Å². The molecule has 0 aromatic rings. The van der Waals surface area contributed by atoms with Crippen molar-refractivity contribution in [3.8, 4) is 0 Å². The zero-order valence-electron chi connectivity index (χ0n) is 10.8. The molecule has 0 aromatic heterocycles. The summed E-state index contributed by atoms with van der Waals surface area (Å²) in [4.78, 5) is 23.3. The summed E-state index contributed by atoms with van der Waals surface area (Å²) < 4.78 is 4.69. The van der Waals surface area contributed by atoms with Crippen molar-refractivity contribution in [2.45, 2.75) is 26.7 Å². The van der Waals surface area contributed by atoms with Crippen molar-refractivity contribution < 1.29 is 14.3 Å². The highest BCUT2D eigenvalue weighted by Gasteiger charge is 2.30. The van der Waals surface area contributed by atoms with Gasteiger partial charge < -0.3 is 15.4 Å². The molecule has 0 aromatic carbocycles. The van der Waals surface area contributed by atoms with Crippen LogP contribution in [0.15, 0.2) is 0 Å². The highest BCUT2D eigenvalue weighted by molar-refractivity contribution is 5.81. The fraction of sp³-hybridized carbons (Fsp3) is 0.833. The van der Waals surface area contributed by atoms with E-state index in [1.54, 1.807) is 13.8 Å². The summed E-state index contributed by atoms with van der Waals surface area (Å²) in [6.45, 7) is 5.55. The molecule has 1 aliphatic rings. The van der Waals surface area contributed by atoms with Crippen LogP contribution in [0.1, 0.15) is 26.7 Å². The molecule has 98 valence electrons. The van der Waals surface area contributed by atoms with Gasteiger partial charge in [0.2, 0.25) is 5.91 Å². The molecule has 17 heavy (non-hydrogen) atoms. The topological polar surface area (TPSA) is 67.4 Å². The van der Waals surface area contributed by atoms with Crippen LogP contribution in [-0.4, -0.2) is 38.6 Å². The third kappa shape index (κ3) is 4.00. The number of piperidine rings is 1. The van der Waals surface area contributed by atoms with Crippen LogP contribution >= 0.6 is 0 Å². The minimum absolute atomic E-state index is 0.0224. The summed E-state index contributed by atoms with van der Waals surface area (Å²) in [5.74, 6) is -0.258. The summed E-state index contributed by atoms with van der Waals surface area (Å²) in [6, 6.07) is 0. The van der Waals surface area contributed by atoms with Gasteiger partial charge in [0.05, 0.1) is 18.4 Å². The first kappa shape index (κ1) is 14.0. The van der Waals surface area contributed by atoms with E-state index in [4.69, 9.17) is 4.74 Å². The number of ether oxygens (including phenoxy) is 1. The van der Waals surface area contributed by atoms with Gasteiger partial charge >= 0.3 is 5.97 Å². The minimum Gasteiger partial charge on any atom is -0.469 e. The Hall–Kier alpha value is -1.10. The number of carbonyl (C=O) groups is 2. The van der Waals surface area contributed by atoms with Crippen LogP contribution in [0, 0.1) is 11.3 Å². The van der Waals surface area contributed by atoms with E-state index in [9.17, 15) is 9.59 Å². The molecule has 5 heteroatoms. The van der Waals surface area contributed by atoms with Gasteiger partial charge in [0.25, 0.3) is 0 Å². The van der Waals surface area contributed by atoms with E-state index in [1.807, 2.05) is 0 Å². The number of rotatable bonds is 4. The van der Waals surface area contributed by atoms with Crippen LogP contribution in [0.25, 0.3) is 0 Å². The molecule has 1 saturated heterocycles. The molecular weight excluding hydrogens is 220 g/mol. The number of hydrogen-bond donors (Lipinski definition) is 2. The molecule has 2 N–H and O–H groups in total. The van der Waals surface area contributed by atoms with Crippen molar-refractivity contribution in [2.75, 3.05) is 26.7 Å². The summed E-state index contributed by atoms with van der Waals surface area (Å²) in [5.41, 5.74) is -0.674. The van der Waals surface area contributed by atoms with E-state index in [0.717, 1.165) is 25.9 Å². The summed E-state index contributed by atoms with van der Waals surface area (Å²) in [6.07, 6.45) is 1.94. The monoisotopic (exact) mass is 242 g/mol. The van der Waals surface area contributed by atoms with Crippen LogP contribution < -0.4 is 10.6 Å². The Balaban J connectivity index is 2.39. The molecule has 1 aliphatic heterocycles. The predicted molar refractivity (Wildman–Crippen MR) is 64.4 cm³/mol. The lowest BCUT2D eigenvalue weighted by Crippen LogP contribution is -2.45. The van der Waals surface area contributed by atoms with Crippen molar-refractivity contribution in [3.63, 3.8) is 0 Å². The first-order chi connectivity index (χ1) is 7.97. The smallest absolute Gasteiger partial charge is 0.313 e. The van der Waals surface area contributed by atoms with Gasteiger partial charge in [-0.05, 0) is 33.2 Å². The maximum Gasteiger partial charge on any atom is 0.313 e. The van der Waals surface area contributed by atoms with Crippen molar-refractivity contribution in [1.82, 2.24) is 10.6 Å². The SMILES string of the molecule is COC(=O)C(C)(C)CNC(=O)C1CCCNC1. The van der Waals surface area contributed by atoms with Crippen LogP contribution in [0.4, 0.5) is 0 Å². The standard InChI is InChI=1S/C12H22N2O3/c1-12(2,11(16)17-3)8-14-10(15)9-5-4-6-13-7-9/h9,13H,4-8H2,1-3H3,(H,14,15). The lowest BCUT2D eigenvalue weighted by molar-refractivity contribution is -0.150. The Morgan fingerprint density at radius 2 is 2.18 bits per heavy atom. The molecule has 0 bridgehead atoms. The number of methoxy groups -OCH3 is 1. The zero-order chi connectivity index (χ0) is 12.9. The number of nitrogens with one attached hydrogen (secondary N) is 2. The van der Waals surface area contributed by atoms with Gasteiger partial charge in [-0.25, -0.2) is 0 Å². The van der Waals surface area contributed by atoms with E-state index < -0.39 is 5.41 Å². The Kier molecular flexibility index (Phi) is 4.93. The molecule has 0 radical (unpaired) electrons. The van der Waals surface area contributed by atoms with Crippen molar-refractivity contribution in [3.05, 3.63) is 0 Å². The number of esters is 1. The molecule has 1 atom stereocenters. The third-order valence-corrected chi connectivity index (χ3v) is 3.11. The average Bonchev–Trinajstić information content (AvgIpc) is 2.36. The molecule has 1 fully saturated rings. The fourth-order valence-electron chi connectivity index (χ4n) is 1.88. The van der Waals surface area contributed by atoms with Crippen LogP contribution in [-0.2, 0) is 14.3 Å². The molecule has 0 spiro atoms. The summed E-state index contributed by atoms with van der Waals surface area (Å²) in [7, 11) is 1.36. The highest BCUT2D eigenvalue weighted by Crippen LogP contribution is 2.16. The second-order valence-corrected chi connectivity index (χ2v) is 5.14. The van der Waals surface area contributed by atoms with E-state index >= 15 is 0 Å². The molecular formula is C12H22N2O3. The first-order valence-corrected chi connectivity index (χ1v) is 6.04. The van der Waals surface area contributed by atoms with Gasteiger partial charge in [-0.3, -0.25) is 9.59 Å².